The summed E-state index contributed by atoms with van der Waals surface area (Å²) in [5.41, 5.74) is 3.20. The van der Waals surface area contributed by atoms with Crippen LogP contribution in [0.5, 0.6) is 0 Å². The van der Waals surface area contributed by atoms with Gasteiger partial charge in [-0.2, -0.15) is 0 Å². The van der Waals surface area contributed by atoms with Gasteiger partial charge in [-0.25, -0.2) is 0 Å². The number of likely N-dealkylation sites (N-methyl/N-ethyl adjacent to an activating group) is 1. The Balaban J connectivity index is 1.98. The molecule has 1 N–H and O–H groups in total. The molecule has 0 aromatic heterocycles. The van der Waals surface area contributed by atoms with Crippen molar-refractivity contribution in [3.63, 3.8) is 0 Å². The van der Waals surface area contributed by atoms with E-state index in [4.69, 9.17) is 0 Å². The van der Waals surface area contributed by atoms with Gasteiger partial charge >= 0.3 is 0 Å². The second kappa shape index (κ2) is 7.01. The quantitative estimate of drug-likeness (QED) is 0.771. The number of carbonyl (C=O) groups is 2. The Kier molecular flexibility index (Phi) is 5.05. The van der Waals surface area contributed by atoms with Gasteiger partial charge in [-0.05, 0) is 62.4 Å². The van der Waals surface area contributed by atoms with E-state index < -0.39 is 17.6 Å². The minimum Gasteiger partial charge on any atom is -0.389 e. The fourth-order valence-corrected chi connectivity index (χ4v) is 4.87. The molecule has 2 saturated heterocycles. The van der Waals surface area contributed by atoms with Crippen LogP contribution in [0.2, 0.25) is 0 Å². The fourth-order valence-electron chi connectivity index (χ4n) is 4.87. The van der Waals surface area contributed by atoms with Gasteiger partial charge in [-0.1, -0.05) is 5.92 Å². The average molecular weight is 368 g/mol. The number of nitrogens with zero attached hydrogens (tertiary/aromatic N) is 2. The molecule has 27 heavy (non-hydrogen) atoms. The highest BCUT2D eigenvalue weighted by Gasteiger charge is 2.58. The number of carbonyl (C=O) groups excluding carboxylic acids is 2. The van der Waals surface area contributed by atoms with Crippen molar-refractivity contribution >= 4 is 11.8 Å². The SMILES string of the molecule is CC#Cc1cc(C)c(C2C(=O)N(C)C3(CCN(C(C)=O)CC3)C2O)c(C)c1. The summed E-state index contributed by atoms with van der Waals surface area (Å²) in [7, 11) is 1.79. The highest BCUT2D eigenvalue weighted by molar-refractivity contribution is 5.89. The normalized spacial score (nSPS) is 24.1. The molecule has 5 nitrogen and oxygen atoms in total. The number of hydrogen-bond acceptors (Lipinski definition) is 3. The summed E-state index contributed by atoms with van der Waals surface area (Å²) in [6, 6.07) is 3.98. The zero-order valence-electron chi connectivity index (χ0n) is 16.8. The van der Waals surface area contributed by atoms with Crippen molar-refractivity contribution in [3.8, 4) is 11.8 Å². The van der Waals surface area contributed by atoms with E-state index in [-0.39, 0.29) is 11.8 Å². The lowest BCUT2D eigenvalue weighted by atomic mass is 9.77. The molecular formula is C22H28N2O3. The number of hydrogen-bond donors (Lipinski definition) is 1. The molecule has 1 spiro atoms. The molecule has 0 bridgehead atoms. The van der Waals surface area contributed by atoms with Gasteiger partial charge in [-0.15, -0.1) is 5.92 Å². The molecule has 144 valence electrons. The largest absolute Gasteiger partial charge is 0.389 e. The van der Waals surface area contributed by atoms with Crippen molar-refractivity contribution in [2.24, 2.45) is 0 Å². The van der Waals surface area contributed by atoms with Crippen molar-refractivity contribution in [1.82, 2.24) is 9.80 Å². The number of aryl methyl sites for hydroxylation is 2. The van der Waals surface area contributed by atoms with E-state index in [1.807, 2.05) is 26.0 Å². The zero-order valence-corrected chi connectivity index (χ0v) is 16.8. The molecule has 2 aliphatic heterocycles. The predicted octanol–water partition coefficient (Wildman–Crippen LogP) is 1.97. The van der Waals surface area contributed by atoms with Crippen molar-refractivity contribution in [2.45, 2.75) is 58.1 Å². The second-order valence-electron chi connectivity index (χ2n) is 7.83. The Morgan fingerprint density at radius 2 is 1.78 bits per heavy atom. The van der Waals surface area contributed by atoms with Gasteiger partial charge in [0.15, 0.2) is 0 Å². The molecule has 2 fully saturated rings. The number of rotatable bonds is 1. The van der Waals surface area contributed by atoms with Crippen LogP contribution in [0.4, 0.5) is 0 Å². The molecule has 3 rings (SSSR count). The third kappa shape index (κ3) is 3.02. The maximum Gasteiger partial charge on any atom is 0.233 e. The van der Waals surface area contributed by atoms with Crippen molar-refractivity contribution in [1.29, 1.82) is 0 Å². The Hall–Kier alpha value is -2.32. The molecule has 1 aromatic rings. The summed E-state index contributed by atoms with van der Waals surface area (Å²) < 4.78 is 0. The fraction of sp³-hybridized carbons (Fsp3) is 0.545. The van der Waals surface area contributed by atoms with Crippen molar-refractivity contribution in [2.75, 3.05) is 20.1 Å². The topological polar surface area (TPSA) is 60.9 Å². The number of piperidine rings is 1. The second-order valence-corrected chi connectivity index (χ2v) is 7.83. The number of aliphatic hydroxyl groups is 1. The number of benzene rings is 1. The third-order valence-corrected chi connectivity index (χ3v) is 6.38. The Bertz CT molecular complexity index is 818. The van der Waals surface area contributed by atoms with Crippen LogP contribution in [-0.4, -0.2) is 58.5 Å². The Labute approximate surface area is 161 Å². The first kappa shape index (κ1) is 19.4. The van der Waals surface area contributed by atoms with Crippen molar-refractivity contribution in [3.05, 3.63) is 34.4 Å². The molecular weight excluding hydrogens is 340 g/mol. The summed E-state index contributed by atoms with van der Waals surface area (Å²) in [5.74, 6) is 5.40. The average Bonchev–Trinajstić information content (AvgIpc) is 2.78. The maximum absolute atomic E-state index is 13.2. The lowest BCUT2D eigenvalue weighted by molar-refractivity contribution is -0.135. The molecule has 2 amide bonds. The van der Waals surface area contributed by atoms with E-state index in [1.54, 1.807) is 30.7 Å². The summed E-state index contributed by atoms with van der Waals surface area (Å²) in [6.07, 6.45) is 0.415. The van der Waals surface area contributed by atoms with Crippen LogP contribution in [0.3, 0.4) is 0 Å². The highest BCUT2D eigenvalue weighted by atomic mass is 16.3. The zero-order chi connectivity index (χ0) is 19.9. The third-order valence-electron chi connectivity index (χ3n) is 6.38. The molecule has 0 radical (unpaired) electrons. The van der Waals surface area contributed by atoms with Gasteiger partial charge in [0.05, 0.1) is 17.6 Å². The van der Waals surface area contributed by atoms with Crippen LogP contribution in [0.25, 0.3) is 0 Å². The summed E-state index contributed by atoms with van der Waals surface area (Å²) in [4.78, 5) is 28.4. The minimum absolute atomic E-state index is 0.0423. The Morgan fingerprint density at radius 3 is 2.26 bits per heavy atom. The Morgan fingerprint density at radius 1 is 1.22 bits per heavy atom. The summed E-state index contributed by atoms with van der Waals surface area (Å²) in [6.45, 7) is 8.46. The first-order valence-corrected chi connectivity index (χ1v) is 9.48. The molecule has 1 aromatic carbocycles. The lowest BCUT2D eigenvalue weighted by Crippen LogP contribution is -2.57. The van der Waals surface area contributed by atoms with Gasteiger partial charge in [0.25, 0.3) is 0 Å². The van der Waals surface area contributed by atoms with Gasteiger partial charge < -0.3 is 14.9 Å². The van der Waals surface area contributed by atoms with E-state index >= 15 is 0 Å². The van der Waals surface area contributed by atoms with E-state index in [9.17, 15) is 14.7 Å². The summed E-state index contributed by atoms with van der Waals surface area (Å²) >= 11 is 0. The van der Waals surface area contributed by atoms with Gasteiger partial charge in [0.1, 0.15) is 0 Å². The van der Waals surface area contributed by atoms with E-state index in [0.717, 1.165) is 22.3 Å². The first-order valence-electron chi connectivity index (χ1n) is 9.48. The van der Waals surface area contributed by atoms with Crippen LogP contribution in [0.15, 0.2) is 12.1 Å². The van der Waals surface area contributed by atoms with Crippen LogP contribution in [0, 0.1) is 25.7 Å². The van der Waals surface area contributed by atoms with Crippen molar-refractivity contribution < 1.29 is 14.7 Å². The standard InChI is InChI=1S/C22H28N2O3/c1-6-7-17-12-14(2)18(15(3)13-17)19-20(26)22(23(5)21(19)27)8-10-24(11-9-22)16(4)25/h12-13,19-20,26H,8-11H2,1-5H3. The summed E-state index contributed by atoms with van der Waals surface area (Å²) in [5, 5.41) is 11.3. The van der Waals surface area contributed by atoms with Gasteiger partial charge in [0, 0.05) is 32.6 Å². The molecule has 2 atom stereocenters. The van der Waals surface area contributed by atoms with E-state index in [2.05, 4.69) is 11.8 Å². The van der Waals surface area contributed by atoms with Crippen LogP contribution >= 0.6 is 0 Å². The minimum atomic E-state index is -0.787. The lowest BCUT2D eigenvalue weighted by Gasteiger charge is -2.45. The van der Waals surface area contributed by atoms with Crippen LogP contribution in [0.1, 0.15) is 54.9 Å². The number of amides is 2. The monoisotopic (exact) mass is 368 g/mol. The molecule has 5 heteroatoms. The molecule has 0 saturated carbocycles. The molecule has 2 heterocycles. The van der Waals surface area contributed by atoms with Crippen LogP contribution in [-0.2, 0) is 9.59 Å². The van der Waals surface area contributed by atoms with E-state index in [0.29, 0.717) is 25.9 Å². The maximum atomic E-state index is 13.2. The smallest absolute Gasteiger partial charge is 0.233 e. The van der Waals surface area contributed by atoms with Crippen LogP contribution < -0.4 is 0 Å². The number of likely N-dealkylation sites (tertiary alicyclic amines) is 2. The van der Waals surface area contributed by atoms with E-state index in [1.165, 1.54) is 0 Å². The molecule has 2 aliphatic rings. The molecule has 2 unspecified atom stereocenters. The molecule has 0 aliphatic carbocycles. The highest BCUT2D eigenvalue weighted by Crippen LogP contribution is 2.46. The first-order chi connectivity index (χ1) is 12.7. The predicted molar refractivity (Wildman–Crippen MR) is 104 cm³/mol. The van der Waals surface area contributed by atoms with Gasteiger partial charge in [0.2, 0.25) is 11.8 Å². The van der Waals surface area contributed by atoms with Gasteiger partial charge in [-0.3, -0.25) is 9.59 Å². The number of aliphatic hydroxyl groups excluding tert-OH is 1.